The lowest BCUT2D eigenvalue weighted by molar-refractivity contribution is 0.0831. The van der Waals surface area contributed by atoms with Gasteiger partial charge in [-0.05, 0) is 56.8 Å². The molecular weight excluding hydrogens is 466 g/mol. The van der Waals surface area contributed by atoms with Crippen molar-refractivity contribution in [3.63, 3.8) is 0 Å². The highest BCUT2D eigenvalue weighted by Crippen LogP contribution is 2.31. The number of halogens is 5. The summed E-state index contributed by atoms with van der Waals surface area (Å²) in [5.74, 6) is -4.26. The molecule has 4 rings (SSSR count). The zero-order valence-corrected chi connectivity index (χ0v) is 18.8. The van der Waals surface area contributed by atoms with Crippen LogP contribution in [0.1, 0.15) is 46.5 Å². The molecule has 0 bridgehead atoms. The van der Waals surface area contributed by atoms with Crippen molar-refractivity contribution in [3.05, 3.63) is 59.0 Å². The summed E-state index contributed by atoms with van der Waals surface area (Å²) in [6.45, 7) is 2.87. The molecule has 1 saturated carbocycles. The molecule has 1 aromatic heterocycles. The maximum absolute atomic E-state index is 13.8. The highest BCUT2D eigenvalue weighted by atomic mass is 35.5. The topological polar surface area (TPSA) is 62.3 Å². The van der Waals surface area contributed by atoms with Gasteiger partial charge >= 0.3 is 0 Å². The number of amides is 1. The normalized spacial score (nSPS) is 16.6. The van der Waals surface area contributed by atoms with Crippen LogP contribution in [-0.4, -0.2) is 41.2 Å². The summed E-state index contributed by atoms with van der Waals surface area (Å²) < 4.78 is 40.7. The molecule has 1 amide bonds. The number of piperidine rings is 1. The molecular formula is C22H24Cl2F3N3O2. The van der Waals surface area contributed by atoms with Gasteiger partial charge in [-0.15, -0.1) is 24.8 Å². The van der Waals surface area contributed by atoms with E-state index in [4.69, 9.17) is 0 Å². The van der Waals surface area contributed by atoms with Gasteiger partial charge in [0.15, 0.2) is 5.78 Å². The maximum atomic E-state index is 13.8. The number of ketones is 1. The third kappa shape index (κ3) is 6.21. The molecule has 0 radical (unpaired) electrons. The second-order valence-electron chi connectivity index (χ2n) is 7.99. The number of benzene rings is 1. The van der Waals surface area contributed by atoms with E-state index in [1.165, 1.54) is 18.9 Å². The number of nitrogens with zero attached hydrogens (tertiary/aromatic N) is 2. The number of aromatic nitrogens is 1. The van der Waals surface area contributed by atoms with Gasteiger partial charge in [0, 0.05) is 24.6 Å². The Hall–Kier alpha value is -2.16. The molecule has 2 aliphatic rings. The Morgan fingerprint density at radius 1 is 1.00 bits per heavy atom. The van der Waals surface area contributed by atoms with E-state index in [-0.39, 0.29) is 48.0 Å². The molecule has 2 fully saturated rings. The number of nitrogens with one attached hydrogen (secondary N) is 1. The Balaban J connectivity index is 0.00000181. The lowest BCUT2D eigenvalue weighted by Crippen LogP contribution is -2.37. The molecule has 10 heteroatoms. The van der Waals surface area contributed by atoms with Gasteiger partial charge in [-0.25, -0.2) is 18.2 Å². The van der Waals surface area contributed by atoms with Gasteiger partial charge in [-0.3, -0.25) is 9.59 Å². The average molecular weight is 490 g/mol. The Morgan fingerprint density at radius 2 is 1.62 bits per heavy atom. The minimum atomic E-state index is -1.31. The summed E-state index contributed by atoms with van der Waals surface area (Å²) in [7, 11) is 0. The molecule has 32 heavy (non-hydrogen) atoms. The summed E-state index contributed by atoms with van der Waals surface area (Å²) in [6.07, 6.45) is 4.12. The number of carbonyl (C=O) groups is 2. The van der Waals surface area contributed by atoms with E-state index in [9.17, 15) is 22.8 Å². The first kappa shape index (κ1) is 26.1. The maximum Gasteiger partial charge on any atom is 0.262 e. The van der Waals surface area contributed by atoms with E-state index in [2.05, 4.69) is 15.2 Å². The minimum Gasteiger partial charge on any atom is -0.306 e. The van der Waals surface area contributed by atoms with E-state index in [0.717, 1.165) is 38.4 Å². The fourth-order valence-corrected chi connectivity index (χ4v) is 3.83. The van der Waals surface area contributed by atoms with Crippen LogP contribution < -0.4 is 5.32 Å². The third-order valence-corrected chi connectivity index (χ3v) is 5.65. The third-order valence-electron chi connectivity index (χ3n) is 5.65. The van der Waals surface area contributed by atoms with Crippen LogP contribution in [-0.2, 0) is 0 Å². The Morgan fingerprint density at radius 3 is 2.22 bits per heavy atom. The number of hydrogen-bond acceptors (Lipinski definition) is 4. The summed E-state index contributed by atoms with van der Waals surface area (Å²) >= 11 is 0. The summed E-state index contributed by atoms with van der Waals surface area (Å²) in [4.78, 5) is 31.6. The van der Waals surface area contributed by atoms with Gasteiger partial charge in [-0.2, -0.15) is 0 Å². The number of hydrogen-bond donors (Lipinski definition) is 1. The quantitative estimate of drug-likeness (QED) is 0.586. The van der Waals surface area contributed by atoms with E-state index >= 15 is 0 Å². The Kier molecular flexibility index (Phi) is 9.07. The number of carbonyl (C=O) groups excluding carboxylic acids is 2. The van der Waals surface area contributed by atoms with Crippen LogP contribution in [0.15, 0.2) is 30.3 Å². The first-order valence-electron chi connectivity index (χ1n) is 10.1. The lowest BCUT2D eigenvalue weighted by Gasteiger charge is -2.31. The van der Waals surface area contributed by atoms with Crippen molar-refractivity contribution in [1.29, 1.82) is 0 Å². The standard InChI is InChI=1S/C22H22F3N3O2.2ClH/c23-15-10-16(24)20(17(25)11-15)22(30)27-19-3-1-2-18(26-19)21(29)14-6-8-28(9-7-14)12-13-4-5-13;;/h1-3,10-11,13-14H,4-9,12H2,(H,26,27,30);2*1H. The molecule has 1 aliphatic heterocycles. The van der Waals surface area contributed by atoms with Crippen molar-refractivity contribution in [1.82, 2.24) is 9.88 Å². The van der Waals surface area contributed by atoms with Crippen molar-refractivity contribution < 1.29 is 22.8 Å². The summed E-state index contributed by atoms with van der Waals surface area (Å²) in [6, 6.07) is 5.40. The Bertz CT molecular complexity index is 958. The highest BCUT2D eigenvalue weighted by Gasteiger charge is 2.30. The van der Waals surface area contributed by atoms with Gasteiger partial charge in [0.05, 0.1) is 0 Å². The van der Waals surface area contributed by atoms with Crippen molar-refractivity contribution in [2.75, 3.05) is 25.0 Å². The van der Waals surface area contributed by atoms with Gasteiger partial charge in [0.25, 0.3) is 5.91 Å². The number of Topliss-reactive ketones (excluding diaryl/α,β-unsaturated/α-hetero) is 1. The van der Waals surface area contributed by atoms with Gasteiger partial charge in [0.2, 0.25) is 0 Å². The largest absolute Gasteiger partial charge is 0.306 e. The lowest BCUT2D eigenvalue weighted by atomic mass is 9.90. The zero-order chi connectivity index (χ0) is 21.3. The van der Waals surface area contributed by atoms with E-state index in [1.807, 2.05) is 0 Å². The predicted molar refractivity (Wildman–Crippen MR) is 119 cm³/mol. The molecule has 2 heterocycles. The SMILES string of the molecule is Cl.Cl.O=C(Nc1cccc(C(=O)C2CCN(CC3CC3)CC2)n1)c1c(F)cc(F)cc1F. The number of rotatable bonds is 6. The second kappa shape index (κ2) is 11.1. The first-order valence-corrected chi connectivity index (χ1v) is 10.1. The number of pyridine rings is 1. The second-order valence-corrected chi connectivity index (χ2v) is 7.99. The fourth-order valence-electron chi connectivity index (χ4n) is 3.83. The van der Waals surface area contributed by atoms with E-state index in [1.54, 1.807) is 12.1 Å². The monoisotopic (exact) mass is 489 g/mol. The number of anilines is 1. The Labute approximate surface area is 196 Å². The van der Waals surface area contributed by atoms with Crippen LogP contribution in [0.5, 0.6) is 0 Å². The fraction of sp³-hybridized carbons (Fsp3) is 0.409. The van der Waals surface area contributed by atoms with Crippen LogP contribution in [0.2, 0.25) is 0 Å². The molecule has 0 spiro atoms. The molecule has 1 aliphatic carbocycles. The van der Waals surface area contributed by atoms with Gasteiger partial charge in [-0.1, -0.05) is 6.07 Å². The van der Waals surface area contributed by atoms with Crippen LogP contribution in [0, 0.1) is 29.3 Å². The van der Waals surface area contributed by atoms with E-state index in [0.29, 0.717) is 12.1 Å². The van der Waals surface area contributed by atoms with Crippen LogP contribution in [0.3, 0.4) is 0 Å². The molecule has 5 nitrogen and oxygen atoms in total. The van der Waals surface area contributed by atoms with E-state index < -0.39 is 28.9 Å². The predicted octanol–water partition coefficient (Wildman–Crippen LogP) is 4.90. The first-order chi connectivity index (χ1) is 14.4. The van der Waals surface area contributed by atoms with Crippen LogP contribution in [0.25, 0.3) is 0 Å². The van der Waals surface area contributed by atoms with Crippen LogP contribution in [0.4, 0.5) is 19.0 Å². The highest BCUT2D eigenvalue weighted by molar-refractivity contribution is 6.04. The molecule has 0 unspecified atom stereocenters. The van der Waals surface area contributed by atoms with Crippen molar-refractivity contribution in [3.8, 4) is 0 Å². The van der Waals surface area contributed by atoms with Crippen molar-refractivity contribution >= 4 is 42.3 Å². The zero-order valence-electron chi connectivity index (χ0n) is 17.2. The molecule has 0 atom stereocenters. The molecule has 1 N–H and O–H groups in total. The smallest absolute Gasteiger partial charge is 0.262 e. The summed E-state index contributed by atoms with van der Waals surface area (Å²) in [5, 5.41) is 2.28. The molecule has 2 aromatic rings. The van der Waals surface area contributed by atoms with Crippen molar-refractivity contribution in [2.45, 2.75) is 25.7 Å². The summed E-state index contributed by atoms with van der Waals surface area (Å²) in [5.41, 5.74) is -0.702. The van der Waals surface area contributed by atoms with Gasteiger partial charge in [0.1, 0.15) is 34.5 Å². The molecule has 1 aromatic carbocycles. The van der Waals surface area contributed by atoms with Gasteiger partial charge < -0.3 is 10.2 Å². The number of likely N-dealkylation sites (tertiary alicyclic amines) is 1. The molecule has 174 valence electrons. The molecule has 1 saturated heterocycles. The van der Waals surface area contributed by atoms with Crippen molar-refractivity contribution in [2.24, 2.45) is 11.8 Å². The van der Waals surface area contributed by atoms with Crippen LogP contribution >= 0.6 is 24.8 Å². The average Bonchev–Trinajstić information content (AvgIpc) is 3.51. The minimum absolute atomic E-state index is 0.